The van der Waals surface area contributed by atoms with Crippen molar-refractivity contribution in [3.63, 3.8) is 0 Å². The van der Waals surface area contributed by atoms with Crippen molar-refractivity contribution in [2.75, 3.05) is 6.54 Å². The van der Waals surface area contributed by atoms with Gasteiger partial charge in [-0.1, -0.05) is 33.6 Å². The fourth-order valence-electron chi connectivity index (χ4n) is 3.15. The molecular weight excluding hydrogens is 212 g/mol. The van der Waals surface area contributed by atoms with Gasteiger partial charge in [-0.2, -0.15) is 0 Å². The van der Waals surface area contributed by atoms with Crippen molar-refractivity contribution in [2.24, 2.45) is 11.3 Å². The van der Waals surface area contributed by atoms with Crippen molar-refractivity contribution in [3.8, 4) is 0 Å². The van der Waals surface area contributed by atoms with Crippen LogP contribution in [0.2, 0.25) is 0 Å². The molecule has 1 amide bonds. The minimum Gasteiger partial charge on any atom is -0.325 e. The molecule has 1 N–H and O–H groups in total. The minimum absolute atomic E-state index is 0.00273. The lowest BCUT2D eigenvalue weighted by molar-refractivity contribution is -0.131. The second kappa shape index (κ2) is 4.60. The topological polar surface area (TPSA) is 32.3 Å². The van der Waals surface area contributed by atoms with Gasteiger partial charge in [-0.25, -0.2) is 0 Å². The van der Waals surface area contributed by atoms with Gasteiger partial charge in [0.1, 0.15) is 0 Å². The van der Waals surface area contributed by atoms with Crippen molar-refractivity contribution >= 4 is 5.91 Å². The van der Waals surface area contributed by atoms with E-state index in [0.717, 1.165) is 6.54 Å². The van der Waals surface area contributed by atoms with Gasteiger partial charge in [0.2, 0.25) is 5.91 Å². The molecule has 17 heavy (non-hydrogen) atoms. The van der Waals surface area contributed by atoms with E-state index in [9.17, 15) is 4.79 Å². The van der Waals surface area contributed by atoms with E-state index in [1.54, 1.807) is 0 Å². The Labute approximate surface area is 105 Å². The maximum absolute atomic E-state index is 12.2. The molecule has 1 saturated carbocycles. The fraction of sp³-hybridized carbons (Fsp3) is 0.929. The molecule has 1 heterocycles. The second-order valence-electron chi connectivity index (χ2n) is 6.90. The molecule has 0 bridgehead atoms. The van der Waals surface area contributed by atoms with Gasteiger partial charge >= 0.3 is 0 Å². The molecule has 1 aliphatic heterocycles. The largest absolute Gasteiger partial charge is 0.325 e. The third kappa shape index (κ3) is 2.82. The van der Waals surface area contributed by atoms with Crippen LogP contribution in [0.5, 0.6) is 0 Å². The molecule has 0 radical (unpaired) electrons. The zero-order valence-corrected chi connectivity index (χ0v) is 11.6. The number of carbonyl (C=O) groups excluding carboxylic acids is 1. The number of carbonyl (C=O) groups is 1. The van der Waals surface area contributed by atoms with Crippen LogP contribution in [-0.2, 0) is 4.79 Å². The van der Waals surface area contributed by atoms with Gasteiger partial charge in [-0.15, -0.1) is 0 Å². The summed E-state index contributed by atoms with van der Waals surface area (Å²) in [4.78, 5) is 14.3. The summed E-state index contributed by atoms with van der Waals surface area (Å²) < 4.78 is 0. The highest BCUT2D eigenvalue weighted by Gasteiger charge is 2.42. The fourth-order valence-corrected chi connectivity index (χ4v) is 3.15. The van der Waals surface area contributed by atoms with Gasteiger partial charge in [0.25, 0.3) is 0 Å². The lowest BCUT2D eigenvalue weighted by Crippen LogP contribution is -2.45. The molecule has 2 rings (SSSR count). The lowest BCUT2D eigenvalue weighted by Gasteiger charge is -2.34. The number of rotatable bonds is 2. The summed E-state index contributed by atoms with van der Waals surface area (Å²) in [5.41, 5.74) is 0.179. The highest BCUT2D eigenvalue weighted by Crippen LogP contribution is 2.33. The number of amides is 1. The van der Waals surface area contributed by atoms with Crippen LogP contribution in [0.3, 0.4) is 0 Å². The molecule has 0 aromatic rings. The summed E-state index contributed by atoms with van der Waals surface area (Å²) in [5.74, 6) is 0.961. The van der Waals surface area contributed by atoms with Crippen LogP contribution in [0.15, 0.2) is 0 Å². The minimum atomic E-state index is 0.00273. The molecule has 0 aromatic carbocycles. The molecule has 1 aliphatic carbocycles. The van der Waals surface area contributed by atoms with Crippen molar-refractivity contribution < 1.29 is 4.79 Å². The monoisotopic (exact) mass is 238 g/mol. The Morgan fingerprint density at radius 2 is 1.88 bits per heavy atom. The van der Waals surface area contributed by atoms with E-state index in [1.807, 2.05) is 6.92 Å². The molecule has 0 spiro atoms. The summed E-state index contributed by atoms with van der Waals surface area (Å²) in [7, 11) is 0. The quantitative estimate of drug-likeness (QED) is 0.801. The van der Waals surface area contributed by atoms with Crippen LogP contribution in [0.4, 0.5) is 0 Å². The summed E-state index contributed by atoms with van der Waals surface area (Å²) in [6.45, 7) is 9.47. The maximum atomic E-state index is 12.2. The molecule has 3 nitrogen and oxygen atoms in total. The van der Waals surface area contributed by atoms with E-state index in [2.05, 4.69) is 31.0 Å². The highest BCUT2D eigenvalue weighted by molar-refractivity contribution is 5.84. The average Bonchev–Trinajstić information content (AvgIpc) is 2.80. The van der Waals surface area contributed by atoms with Crippen molar-refractivity contribution in [1.29, 1.82) is 0 Å². The number of hydrogen-bond donors (Lipinski definition) is 1. The van der Waals surface area contributed by atoms with E-state index < -0.39 is 0 Å². The first-order valence-corrected chi connectivity index (χ1v) is 6.95. The smallest absolute Gasteiger partial charge is 0.240 e. The Morgan fingerprint density at radius 3 is 2.41 bits per heavy atom. The number of nitrogens with zero attached hydrogens (tertiary/aromatic N) is 1. The lowest BCUT2D eigenvalue weighted by atomic mass is 9.94. The van der Waals surface area contributed by atoms with E-state index in [4.69, 9.17) is 0 Å². The summed E-state index contributed by atoms with van der Waals surface area (Å²) in [5, 5.41) is 3.49. The third-order valence-electron chi connectivity index (χ3n) is 3.90. The number of hydrogen-bond acceptors (Lipinski definition) is 2. The van der Waals surface area contributed by atoms with E-state index in [0.29, 0.717) is 12.1 Å². The molecule has 1 saturated heterocycles. The molecule has 2 atom stereocenters. The standard InChI is InChI=1S/C14H26N2O/c1-10-13(17)16(9-14(2,3)4)12(15-10)11-7-5-6-8-11/h10-12,15H,5-9H2,1-4H3. The molecule has 2 fully saturated rings. The van der Waals surface area contributed by atoms with Crippen molar-refractivity contribution in [1.82, 2.24) is 10.2 Å². The van der Waals surface area contributed by atoms with E-state index in [1.165, 1.54) is 25.7 Å². The second-order valence-corrected chi connectivity index (χ2v) is 6.90. The van der Waals surface area contributed by atoms with Crippen LogP contribution in [0.25, 0.3) is 0 Å². The van der Waals surface area contributed by atoms with Crippen LogP contribution in [0, 0.1) is 11.3 Å². The zero-order valence-electron chi connectivity index (χ0n) is 11.6. The maximum Gasteiger partial charge on any atom is 0.240 e. The summed E-state index contributed by atoms with van der Waals surface area (Å²) in [6, 6.07) is 0.00273. The average molecular weight is 238 g/mol. The predicted octanol–water partition coefficient (Wildman–Crippen LogP) is 2.37. The Kier molecular flexibility index (Phi) is 3.48. The molecule has 2 aliphatic rings. The van der Waals surface area contributed by atoms with Crippen LogP contribution < -0.4 is 5.32 Å². The normalized spacial score (nSPS) is 31.5. The molecule has 0 aromatic heterocycles. The van der Waals surface area contributed by atoms with E-state index in [-0.39, 0.29) is 17.4 Å². The predicted molar refractivity (Wildman–Crippen MR) is 69.5 cm³/mol. The zero-order chi connectivity index (χ0) is 12.6. The Balaban J connectivity index is 2.10. The van der Waals surface area contributed by atoms with Gasteiger partial charge in [-0.05, 0) is 31.1 Å². The van der Waals surface area contributed by atoms with Crippen molar-refractivity contribution in [3.05, 3.63) is 0 Å². The van der Waals surface area contributed by atoms with Crippen molar-refractivity contribution in [2.45, 2.75) is 65.6 Å². The summed E-state index contributed by atoms with van der Waals surface area (Å²) in [6.07, 6.45) is 5.50. The van der Waals surface area contributed by atoms with Crippen LogP contribution in [0.1, 0.15) is 53.4 Å². The van der Waals surface area contributed by atoms with E-state index >= 15 is 0 Å². The summed E-state index contributed by atoms with van der Waals surface area (Å²) >= 11 is 0. The Bertz CT molecular complexity index is 289. The Hall–Kier alpha value is -0.570. The van der Waals surface area contributed by atoms with Crippen LogP contribution in [-0.4, -0.2) is 29.6 Å². The molecular formula is C14H26N2O. The number of nitrogens with one attached hydrogen (secondary N) is 1. The first kappa shape index (κ1) is 12.9. The van der Waals surface area contributed by atoms with Gasteiger partial charge in [0.05, 0.1) is 12.2 Å². The Morgan fingerprint density at radius 1 is 1.29 bits per heavy atom. The van der Waals surface area contributed by atoms with Gasteiger partial charge < -0.3 is 4.90 Å². The highest BCUT2D eigenvalue weighted by atomic mass is 16.2. The molecule has 3 heteroatoms. The SMILES string of the molecule is CC1NC(C2CCCC2)N(CC(C)(C)C)C1=O. The first-order chi connectivity index (χ1) is 7.88. The van der Waals surface area contributed by atoms with Gasteiger partial charge in [-0.3, -0.25) is 10.1 Å². The molecule has 2 unspecified atom stereocenters. The van der Waals surface area contributed by atoms with Gasteiger partial charge in [0, 0.05) is 6.54 Å². The van der Waals surface area contributed by atoms with Crippen LogP contribution >= 0.6 is 0 Å². The third-order valence-corrected chi connectivity index (χ3v) is 3.90. The molecule has 98 valence electrons. The van der Waals surface area contributed by atoms with Gasteiger partial charge in [0.15, 0.2) is 0 Å². The first-order valence-electron chi connectivity index (χ1n) is 6.95.